The zero-order chi connectivity index (χ0) is 18.7. The molecule has 2 aromatic carbocycles. The number of aromatic nitrogens is 1. The Balaban J connectivity index is 1.81. The molecule has 0 spiro atoms. The minimum absolute atomic E-state index is 0.00225. The van der Waals surface area contributed by atoms with Crippen LogP contribution in [0, 0.1) is 6.92 Å². The number of carbonyl (C=O) groups is 1. The van der Waals surface area contributed by atoms with E-state index < -0.39 is 5.91 Å². The molecule has 134 valence electrons. The van der Waals surface area contributed by atoms with E-state index in [9.17, 15) is 9.90 Å². The van der Waals surface area contributed by atoms with Crippen LogP contribution in [0.15, 0.2) is 58.8 Å². The highest BCUT2D eigenvalue weighted by Crippen LogP contribution is 2.40. The molecule has 0 unspecified atom stereocenters. The van der Waals surface area contributed by atoms with Gasteiger partial charge in [0.2, 0.25) is 5.88 Å². The Morgan fingerprint density at radius 2 is 1.85 bits per heavy atom. The van der Waals surface area contributed by atoms with Crippen LogP contribution in [0.2, 0.25) is 0 Å². The molecule has 6 nitrogen and oxygen atoms in total. The number of rotatable bonds is 5. The van der Waals surface area contributed by atoms with Crippen LogP contribution in [-0.2, 0) is 4.79 Å². The van der Waals surface area contributed by atoms with E-state index in [1.54, 1.807) is 10.6 Å². The minimum Gasteiger partial charge on any atom is -0.493 e. The largest absolute Gasteiger partial charge is 0.493 e. The Morgan fingerprint density at radius 3 is 2.58 bits per heavy atom. The maximum atomic E-state index is 12.0. The van der Waals surface area contributed by atoms with Crippen LogP contribution in [0.5, 0.6) is 11.6 Å². The zero-order valence-electron chi connectivity index (χ0n) is 15.0. The van der Waals surface area contributed by atoms with Gasteiger partial charge in [0.25, 0.3) is 0 Å². The standard InChI is InChI=1S/C20H21N3O3/c1-13(2)23-16-10-6-5-9-15(16)19(20(23)25)22-21-18(24)12-26-17-11-7-4-8-14(17)3/h4-11,13,25H,12H2,1-3H3. The number of aromatic hydroxyl groups is 1. The highest BCUT2D eigenvalue weighted by Gasteiger charge is 2.18. The van der Waals surface area contributed by atoms with E-state index in [4.69, 9.17) is 4.74 Å². The van der Waals surface area contributed by atoms with Crippen molar-refractivity contribution < 1.29 is 14.6 Å². The van der Waals surface area contributed by atoms with E-state index in [0.717, 1.165) is 16.5 Å². The SMILES string of the molecule is Cc1ccccc1OCC(=O)N=Nc1c(O)n(C(C)C)c2ccccc12. The van der Waals surface area contributed by atoms with E-state index in [1.165, 1.54) is 0 Å². The topological polar surface area (TPSA) is 76.2 Å². The second-order valence-electron chi connectivity index (χ2n) is 6.30. The molecular weight excluding hydrogens is 330 g/mol. The number of azo groups is 1. The van der Waals surface area contributed by atoms with E-state index in [2.05, 4.69) is 10.2 Å². The van der Waals surface area contributed by atoms with Crippen LogP contribution in [0.3, 0.4) is 0 Å². The molecule has 0 atom stereocenters. The number of nitrogens with zero attached hydrogens (tertiary/aromatic N) is 3. The first-order chi connectivity index (χ1) is 12.5. The zero-order valence-corrected chi connectivity index (χ0v) is 15.0. The van der Waals surface area contributed by atoms with Crippen LogP contribution in [0.25, 0.3) is 10.9 Å². The summed E-state index contributed by atoms with van der Waals surface area (Å²) in [7, 11) is 0. The molecule has 0 fully saturated rings. The second kappa shape index (κ2) is 7.39. The summed E-state index contributed by atoms with van der Waals surface area (Å²) < 4.78 is 7.24. The van der Waals surface area contributed by atoms with Gasteiger partial charge in [-0.05, 0) is 38.5 Å². The Bertz CT molecular complexity index is 974. The number of para-hydroxylation sites is 2. The molecule has 0 aliphatic carbocycles. The summed E-state index contributed by atoms with van der Waals surface area (Å²) in [4.78, 5) is 12.0. The van der Waals surface area contributed by atoms with Gasteiger partial charge in [0.15, 0.2) is 12.3 Å². The smallest absolute Gasteiger partial charge is 0.302 e. The lowest BCUT2D eigenvalue weighted by Crippen LogP contribution is -2.08. The van der Waals surface area contributed by atoms with Crippen molar-refractivity contribution in [2.24, 2.45) is 10.2 Å². The number of amides is 1. The Hall–Kier alpha value is -3.15. The summed E-state index contributed by atoms with van der Waals surface area (Å²) in [6.07, 6.45) is 0. The van der Waals surface area contributed by atoms with Gasteiger partial charge in [0.1, 0.15) is 5.75 Å². The summed E-state index contributed by atoms with van der Waals surface area (Å²) in [5, 5.41) is 19.0. The predicted molar refractivity (Wildman–Crippen MR) is 100 cm³/mol. The Labute approximate surface area is 151 Å². The monoisotopic (exact) mass is 351 g/mol. The molecule has 0 radical (unpaired) electrons. The molecule has 0 saturated heterocycles. The van der Waals surface area contributed by atoms with Gasteiger partial charge in [-0.25, -0.2) is 0 Å². The molecule has 1 aromatic heterocycles. The summed E-state index contributed by atoms with van der Waals surface area (Å²) >= 11 is 0. The van der Waals surface area contributed by atoms with Crippen molar-refractivity contribution >= 4 is 22.5 Å². The van der Waals surface area contributed by atoms with Gasteiger partial charge >= 0.3 is 5.91 Å². The second-order valence-corrected chi connectivity index (χ2v) is 6.30. The average Bonchev–Trinajstić information content (AvgIpc) is 2.90. The van der Waals surface area contributed by atoms with Gasteiger partial charge in [-0.3, -0.25) is 4.79 Å². The molecule has 1 heterocycles. The predicted octanol–water partition coefficient (Wildman–Crippen LogP) is 4.93. The fourth-order valence-electron chi connectivity index (χ4n) is 2.85. The van der Waals surface area contributed by atoms with Crippen LogP contribution in [-0.4, -0.2) is 22.2 Å². The molecule has 0 aliphatic rings. The molecular formula is C20H21N3O3. The first kappa shape index (κ1) is 17.7. The van der Waals surface area contributed by atoms with Crippen LogP contribution in [0.4, 0.5) is 5.69 Å². The molecule has 0 aliphatic heterocycles. The molecule has 0 saturated carbocycles. The molecule has 3 aromatic rings. The van der Waals surface area contributed by atoms with Crippen molar-refractivity contribution in [2.45, 2.75) is 26.8 Å². The molecule has 6 heteroatoms. The maximum Gasteiger partial charge on any atom is 0.302 e. The van der Waals surface area contributed by atoms with E-state index >= 15 is 0 Å². The molecule has 0 bridgehead atoms. The summed E-state index contributed by atoms with van der Waals surface area (Å²) in [6, 6.07) is 15.0. The average molecular weight is 351 g/mol. The summed E-state index contributed by atoms with van der Waals surface area (Å²) in [5.41, 5.74) is 2.07. The number of ether oxygens (including phenoxy) is 1. The van der Waals surface area contributed by atoms with Crippen molar-refractivity contribution in [3.63, 3.8) is 0 Å². The molecule has 1 amide bonds. The van der Waals surface area contributed by atoms with Crippen LogP contribution >= 0.6 is 0 Å². The first-order valence-electron chi connectivity index (χ1n) is 8.44. The molecule has 26 heavy (non-hydrogen) atoms. The van der Waals surface area contributed by atoms with Gasteiger partial charge in [-0.1, -0.05) is 36.4 Å². The third kappa shape index (κ3) is 3.44. The first-order valence-corrected chi connectivity index (χ1v) is 8.44. The highest BCUT2D eigenvalue weighted by atomic mass is 16.5. The number of hydrogen-bond acceptors (Lipinski definition) is 4. The van der Waals surface area contributed by atoms with Crippen molar-refractivity contribution in [1.29, 1.82) is 0 Å². The summed E-state index contributed by atoms with van der Waals surface area (Å²) in [5.74, 6) is 0.113. The third-order valence-electron chi connectivity index (χ3n) is 4.08. The normalized spacial score (nSPS) is 11.5. The number of fused-ring (bicyclic) bond motifs is 1. The fraction of sp³-hybridized carbons (Fsp3) is 0.250. The quantitative estimate of drug-likeness (QED) is 0.662. The third-order valence-corrected chi connectivity index (χ3v) is 4.08. The van der Waals surface area contributed by atoms with E-state index in [-0.39, 0.29) is 18.5 Å². The van der Waals surface area contributed by atoms with Gasteiger partial charge in [-0.2, -0.15) is 0 Å². The van der Waals surface area contributed by atoms with Crippen molar-refractivity contribution in [3.05, 3.63) is 54.1 Å². The van der Waals surface area contributed by atoms with Gasteiger partial charge < -0.3 is 14.4 Å². The van der Waals surface area contributed by atoms with Crippen LogP contribution < -0.4 is 4.74 Å². The van der Waals surface area contributed by atoms with E-state index in [0.29, 0.717) is 11.4 Å². The Kier molecular flexibility index (Phi) is 5.02. The number of carbonyl (C=O) groups excluding carboxylic acids is 1. The highest BCUT2D eigenvalue weighted by molar-refractivity contribution is 5.95. The van der Waals surface area contributed by atoms with Crippen molar-refractivity contribution in [1.82, 2.24) is 4.57 Å². The maximum absolute atomic E-state index is 12.0. The van der Waals surface area contributed by atoms with Crippen LogP contribution in [0.1, 0.15) is 25.5 Å². The number of hydrogen-bond donors (Lipinski definition) is 1. The lowest BCUT2D eigenvalue weighted by molar-refractivity contribution is -0.120. The van der Waals surface area contributed by atoms with E-state index in [1.807, 2.05) is 63.2 Å². The number of benzene rings is 2. The van der Waals surface area contributed by atoms with Gasteiger partial charge in [-0.15, -0.1) is 10.2 Å². The molecule has 3 rings (SSSR count). The van der Waals surface area contributed by atoms with Crippen molar-refractivity contribution in [3.8, 4) is 11.6 Å². The van der Waals surface area contributed by atoms with Gasteiger partial charge in [0, 0.05) is 11.4 Å². The lowest BCUT2D eigenvalue weighted by atomic mass is 10.2. The molecule has 1 N–H and O–H groups in total. The number of aryl methyl sites for hydroxylation is 1. The van der Waals surface area contributed by atoms with Gasteiger partial charge in [0.05, 0.1) is 5.52 Å². The summed E-state index contributed by atoms with van der Waals surface area (Å²) in [6.45, 7) is 5.63. The minimum atomic E-state index is -0.519. The van der Waals surface area contributed by atoms with Crippen molar-refractivity contribution in [2.75, 3.05) is 6.61 Å². The Morgan fingerprint density at radius 1 is 1.15 bits per heavy atom. The fourth-order valence-corrected chi connectivity index (χ4v) is 2.85. The lowest BCUT2D eigenvalue weighted by Gasteiger charge is -2.10.